The fourth-order valence-electron chi connectivity index (χ4n) is 3.34. The average Bonchev–Trinajstić information content (AvgIpc) is 2.77. The van der Waals surface area contributed by atoms with Crippen LogP contribution in [0, 0.1) is 0 Å². The molecule has 1 amide bonds. The summed E-state index contributed by atoms with van der Waals surface area (Å²) >= 11 is 0. The maximum absolute atomic E-state index is 12.9. The number of rotatable bonds is 8. The van der Waals surface area contributed by atoms with Gasteiger partial charge in [0.1, 0.15) is 0 Å². The molecule has 2 aromatic carbocycles. The first-order valence-corrected chi connectivity index (χ1v) is 9.83. The first-order chi connectivity index (χ1) is 13.7. The molecule has 0 aliphatic rings. The molecular formula is C24H27N3O. The summed E-state index contributed by atoms with van der Waals surface area (Å²) in [5.41, 5.74) is 3.85. The van der Waals surface area contributed by atoms with Crippen LogP contribution >= 0.6 is 0 Å². The standard InChI is InChI=1S/C24H27N3O/c1-3-18-27(4-2)22-12-10-21(11-13-22)24(28)26-23(19-8-6-5-7-9-19)20-14-16-25-17-15-20/h5-17,23H,3-4,18H2,1-2H3,(H,26,28). The maximum Gasteiger partial charge on any atom is 0.252 e. The summed E-state index contributed by atoms with van der Waals surface area (Å²) in [5.74, 6) is -0.0873. The summed E-state index contributed by atoms with van der Waals surface area (Å²) in [4.78, 5) is 19.3. The van der Waals surface area contributed by atoms with Crippen LogP contribution in [0.1, 0.15) is 47.8 Å². The Morgan fingerprint density at radius 3 is 2.18 bits per heavy atom. The van der Waals surface area contributed by atoms with Crippen molar-refractivity contribution in [3.05, 3.63) is 95.8 Å². The Morgan fingerprint density at radius 1 is 0.929 bits per heavy atom. The lowest BCUT2D eigenvalue weighted by Crippen LogP contribution is -2.29. The van der Waals surface area contributed by atoms with E-state index in [9.17, 15) is 4.79 Å². The highest BCUT2D eigenvalue weighted by atomic mass is 16.1. The second-order valence-corrected chi connectivity index (χ2v) is 6.72. The lowest BCUT2D eigenvalue weighted by Gasteiger charge is -2.23. The second-order valence-electron chi connectivity index (χ2n) is 6.72. The molecule has 4 heteroatoms. The van der Waals surface area contributed by atoms with Gasteiger partial charge in [0.15, 0.2) is 0 Å². The van der Waals surface area contributed by atoms with Gasteiger partial charge in [-0.3, -0.25) is 9.78 Å². The molecule has 1 unspecified atom stereocenters. The summed E-state index contributed by atoms with van der Waals surface area (Å²) in [6.45, 7) is 6.29. The number of pyridine rings is 1. The van der Waals surface area contributed by atoms with Crippen LogP contribution in [0.15, 0.2) is 79.1 Å². The molecule has 0 fully saturated rings. The predicted octanol–water partition coefficient (Wildman–Crippen LogP) is 4.84. The molecule has 0 bridgehead atoms. The number of carbonyl (C=O) groups is 1. The van der Waals surface area contributed by atoms with Gasteiger partial charge in [0.2, 0.25) is 0 Å². The molecule has 1 atom stereocenters. The van der Waals surface area contributed by atoms with Crippen LogP contribution in [0.3, 0.4) is 0 Å². The Morgan fingerprint density at radius 2 is 1.57 bits per heavy atom. The van der Waals surface area contributed by atoms with Gasteiger partial charge in [-0.1, -0.05) is 37.3 Å². The third-order valence-electron chi connectivity index (χ3n) is 4.82. The van der Waals surface area contributed by atoms with Crippen LogP contribution in [0.25, 0.3) is 0 Å². The third kappa shape index (κ3) is 4.77. The van der Waals surface area contributed by atoms with Gasteiger partial charge >= 0.3 is 0 Å². The number of anilines is 1. The van der Waals surface area contributed by atoms with Crippen LogP contribution in [-0.2, 0) is 0 Å². The molecule has 1 N–H and O–H groups in total. The van der Waals surface area contributed by atoms with Crippen molar-refractivity contribution in [2.45, 2.75) is 26.3 Å². The van der Waals surface area contributed by atoms with Crippen LogP contribution in [0.4, 0.5) is 5.69 Å². The Bertz CT molecular complexity index is 824. The molecule has 0 aliphatic heterocycles. The minimum absolute atomic E-state index is 0.0873. The Balaban J connectivity index is 1.80. The lowest BCUT2D eigenvalue weighted by atomic mass is 9.99. The minimum atomic E-state index is -0.219. The molecule has 1 heterocycles. The lowest BCUT2D eigenvalue weighted by molar-refractivity contribution is 0.0943. The van der Waals surface area contributed by atoms with Gasteiger partial charge in [-0.15, -0.1) is 0 Å². The van der Waals surface area contributed by atoms with Crippen molar-refractivity contribution < 1.29 is 4.79 Å². The van der Waals surface area contributed by atoms with E-state index in [2.05, 4.69) is 29.0 Å². The quantitative estimate of drug-likeness (QED) is 0.615. The fraction of sp³-hybridized carbons (Fsp3) is 0.250. The molecule has 144 valence electrons. The zero-order valence-electron chi connectivity index (χ0n) is 16.5. The van der Waals surface area contributed by atoms with Crippen molar-refractivity contribution >= 4 is 11.6 Å². The molecular weight excluding hydrogens is 346 g/mol. The molecule has 3 aromatic rings. The third-order valence-corrected chi connectivity index (χ3v) is 4.82. The molecule has 3 rings (SSSR count). The summed E-state index contributed by atoms with van der Waals surface area (Å²) in [6.07, 6.45) is 4.60. The van der Waals surface area contributed by atoms with Gasteiger partial charge in [-0.2, -0.15) is 0 Å². The summed E-state index contributed by atoms with van der Waals surface area (Å²) in [7, 11) is 0. The van der Waals surface area contributed by atoms with Gasteiger partial charge in [-0.05, 0) is 60.9 Å². The molecule has 1 aromatic heterocycles. The first kappa shape index (κ1) is 19.6. The van der Waals surface area contributed by atoms with E-state index in [1.54, 1.807) is 12.4 Å². The number of carbonyl (C=O) groups excluding carboxylic acids is 1. The van der Waals surface area contributed by atoms with E-state index in [-0.39, 0.29) is 11.9 Å². The van der Waals surface area contributed by atoms with E-state index in [0.29, 0.717) is 5.56 Å². The Hall–Kier alpha value is -3.14. The average molecular weight is 374 g/mol. The summed E-state index contributed by atoms with van der Waals surface area (Å²) < 4.78 is 0. The Labute approximate surface area is 167 Å². The number of benzene rings is 2. The highest BCUT2D eigenvalue weighted by Gasteiger charge is 2.18. The van der Waals surface area contributed by atoms with Crippen molar-refractivity contribution in [3.8, 4) is 0 Å². The number of hydrogen-bond donors (Lipinski definition) is 1. The zero-order chi connectivity index (χ0) is 19.8. The van der Waals surface area contributed by atoms with Crippen molar-refractivity contribution in [1.82, 2.24) is 10.3 Å². The van der Waals surface area contributed by atoms with Gasteiger partial charge in [-0.25, -0.2) is 0 Å². The van der Waals surface area contributed by atoms with Crippen molar-refractivity contribution in [3.63, 3.8) is 0 Å². The van der Waals surface area contributed by atoms with Gasteiger partial charge in [0.25, 0.3) is 5.91 Å². The van der Waals surface area contributed by atoms with Crippen LogP contribution < -0.4 is 10.2 Å². The van der Waals surface area contributed by atoms with E-state index in [4.69, 9.17) is 0 Å². The molecule has 0 aliphatic carbocycles. The normalized spacial score (nSPS) is 11.6. The minimum Gasteiger partial charge on any atom is -0.372 e. The van der Waals surface area contributed by atoms with Crippen LogP contribution in [0.2, 0.25) is 0 Å². The van der Waals surface area contributed by atoms with Gasteiger partial charge < -0.3 is 10.2 Å². The summed E-state index contributed by atoms with van der Waals surface area (Å²) in [5, 5.41) is 3.17. The van der Waals surface area contributed by atoms with Crippen LogP contribution in [0.5, 0.6) is 0 Å². The van der Waals surface area contributed by atoms with E-state index in [1.165, 1.54) is 0 Å². The van der Waals surface area contributed by atoms with Gasteiger partial charge in [0, 0.05) is 36.7 Å². The van der Waals surface area contributed by atoms with Crippen molar-refractivity contribution in [2.75, 3.05) is 18.0 Å². The molecule has 0 saturated heterocycles. The number of hydrogen-bond acceptors (Lipinski definition) is 3. The molecule has 4 nitrogen and oxygen atoms in total. The van der Waals surface area contributed by atoms with E-state index < -0.39 is 0 Å². The topological polar surface area (TPSA) is 45.2 Å². The largest absolute Gasteiger partial charge is 0.372 e. The predicted molar refractivity (Wildman–Crippen MR) is 115 cm³/mol. The monoisotopic (exact) mass is 373 g/mol. The highest BCUT2D eigenvalue weighted by Crippen LogP contribution is 2.22. The summed E-state index contributed by atoms with van der Waals surface area (Å²) in [6, 6.07) is 21.5. The van der Waals surface area contributed by atoms with E-state index >= 15 is 0 Å². The number of nitrogens with zero attached hydrogens (tertiary/aromatic N) is 2. The van der Waals surface area contributed by atoms with Crippen molar-refractivity contribution in [1.29, 1.82) is 0 Å². The second kappa shape index (κ2) is 9.70. The highest BCUT2D eigenvalue weighted by molar-refractivity contribution is 5.95. The number of nitrogens with one attached hydrogen (secondary N) is 1. The SMILES string of the molecule is CCCN(CC)c1ccc(C(=O)NC(c2ccccc2)c2ccncc2)cc1. The first-order valence-electron chi connectivity index (χ1n) is 9.83. The van der Waals surface area contributed by atoms with E-state index in [1.807, 2.05) is 66.7 Å². The molecule has 0 radical (unpaired) electrons. The number of amides is 1. The molecule has 28 heavy (non-hydrogen) atoms. The van der Waals surface area contributed by atoms with Crippen LogP contribution in [-0.4, -0.2) is 24.0 Å². The fourth-order valence-corrected chi connectivity index (χ4v) is 3.34. The van der Waals surface area contributed by atoms with E-state index in [0.717, 1.165) is 36.3 Å². The number of aromatic nitrogens is 1. The zero-order valence-corrected chi connectivity index (χ0v) is 16.5. The Kier molecular flexibility index (Phi) is 6.79. The smallest absolute Gasteiger partial charge is 0.252 e. The van der Waals surface area contributed by atoms with Crippen molar-refractivity contribution in [2.24, 2.45) is 0 Å². The van der Waals surface area contributed by atoms with Gasteiger partial charge in [0.05, 0.1) is 6.04 Å². The molecule has 0 spiro atoms. The maximum atomic E-state index is 12.9. The molecule has 0 saturated carbocycles.